The number of carbonyl (C=O) groups is 2. The van der Waals surface area contributed by atoms with E-state index in [1.54, 1.807) is 12.1 Å². The first kappa shape index (κ1) is 19.9. The van der Waals surface area contributed by atoms with Crippen molar-refractivity contribution in [2.75, 3.05) is 28.1 Å². The quantitative estimate of drug-likeness (QED) is 0.715. The first-order valence-electron chi connectivity index (χ1n) is 8.38. The fourth-order valence-electron chi connectivity index (χ4n) is 3.14. The van der Waals surface area contributed by atoms with Crippen LogP contribution in [0.15, 0.2) is 34.9 Å². The third kappa shape index (κ3) is 3.50. The van der Waals surface area contributed by atoms with Crippen LogP contribution in [0.5, 0.6) is 17.2 Å². The minimum atomic E-state index is -0.982. The van der Waals surface area contributed by atoms with Gasteiger partial charge in [0.1, 0.15) is 23.8 Å². The van der Waals surface area contributed by atoms with E-state index in [-0.39, 0.29) is 36.0 Å². The van der Waals surface area contributed by atoms with Crippen LogP contribution in [0.3, 0.4) is 0 Å². The second-order valence-corrected chi connectivity index (χ2v) is 5.96. The number of hydrogen-bond donors (Lipinski definition) is 1. The summed E-state index contributed by atoms with van der Waals surface area (Å²) in [5.41, 5.74) is 6.28. The number of nitrogens with zero attached hydrogens (tertiary/aromatic N) is 1. The van der Waals surface area contributed by atoms with Gasteiger partial charge in [0.05, 0.1) is 32.8 Å². The molecular formula is C19H18N2O8. The summed E-state index contributed by atoms with van der Waals surface area (Å²) >= 11 is 0. The van der Waals surface area contributed by atoms with Crippen LogP contribution in [0.25, 0.3) is 0 Å². The Morgan fingerprint density at radius 1 is 1.24 bits per heavy atom. The van der Waals surface area contributed by atoms with E-state index in [1.807, 2.05) is 6.07 Å². The lowest BCUT2D eigenvalue weighted by atomic mass is 9.82. The third-order valence-corrected chi connectivity index (χ3v) is 4.45. The van der Waals surface area contributed by atoms with E-state index in [9.17, 15) is 14.9 Å². The van der Waals surface area contributed by atoms with Gasteiger partial charge >= 0.3 is 11.9 Å². The maximum Gasteiger partial charge on any atom is 0.338 e. The number of allylic oxidation sites excluding steroid dienone is 1. The topological polar surface area (TPSA) is 139 Å². The molecule has 1 atom stereocenters. The Kier molecular flexibility index (Phi) is 5.50. The smallest absolute Gasteiger partial charge is 0.338 e. The maximum atomic E-state index is 12.6. The van der Waals surface area contributed by atoms with Crippen molar-refractivity contribution in [3.05, 3.63) is 40.5 Å². The minimum Gasteiger partial charge on any atom is -0.493 e. The Balaban J connectivity index is 2.23. The molecule has 0 amide bonds. The van der Waals surface area contributed by atoms with Gasteiger partial charge in [0.15, 0.2) is 11.5 Å². The first-order chi connectivity index (χ1) is 13.9. The summed E-state index contributed by atoms with van der Waals surface area (Å²) < 4.78 is 31.1. The van der Waals surface area contributed by atoms with E-state index in [0.29, 0.717) is 22.8 Å². The van der Waals surface area contributed by atoms with Crippen LogP contribution in [-0.2, 0) is 23.8 Å². The molecule has 0 radical (unpaired) electrons. The SMILES string of the molecule is COC(=O)CC1=C(C(=O)OC)C(c2cc(OC)c3c(c2)OCO3)C(C#N)=C(N)O1. The molecule has 1 unspecified atom stereocenters. The average Bonchev–Trinajstić information content (AvgIpc) is 3.20. The molecule has 2 aliphatic heterocycles. The summed E-state index contributed by atoms with van der Waals surface area (Å²) in [4.78, 5) is 24.4. The van der Waals surface area contributed by atoms with Crippen LogP contribution >= 0.6 is 0 Å². The number of hydrogen-bond acceptors (Lipinski definition) is 10. The molecule has 2 heterocycles. The molecule has 0 fully saturated rings. The minimum absolute atomic E-state index is 0.000696. The van der Waals surface area contributed by atoms with Gasteiger partial charge in [-0.05, 0) is 17.7 Å². The highest BCUT2D eigenvalue weighted by Crippen LogP contribution is 2.47. The molecule has 0 aromatic heterocycles. The van der Waals surface area contributed by atoms with Crippen LogP contribution in [-0.4, -0.2) is 40.1 Å². The predicted octanol–water partition coefficient (Wildman–Crippen LogP) is 1.22. The van der Waals surface area contributed by atoms with Gasteiger partial charge in [-0.15, -0.1) is 0 Å². The molecule has 29 heavy (non-hydrogen) atoms. The molecule has 0 saturated heterocycles. The Labute approximate surface area is 166 Å². The van der Waals surface area contributed by atoms with Crippen LogP contribution in [0, 0.1) is 11.3 Å². The van der Waals surface area contributed by atoms with Crippen molar-refractivity contribution < 1.29 is 38.0 Å². The molecule has 1 aromatic rings. The van der Waals surface area contributed by atoms with Gasteiger partial charge in [-0.1, -0.05) is 0 Å². The van der Waals surface area contributed by atoms with Crippen molar-refractivity contribution in [2.24, 2.45) is 5.73 Å². The van der Waals surface area contributed by atoms with Crippen LogP contribution in [0.1, 0.15) is 17.9 Å². The largest absolute Gasteiger partial charge is 0.493 e. The van der Waals surface area contributed by atoms with Crippen LogP contribution in [0.4, 0.5) is 0 Å². The highest BCUT2D eigenvalue weighted by molar-refractivity contribution is 5.93. The summed E-state index contributed by atoms with van der Waals surface area (Å²) in [6, 6.07) is 5.15. The lowest BCUT2D eigenvalue weighted by Gasteiger charge is -2.28. The second-order valence-electron chi connectivity index (χ2n) is 5.96. The van der Waals surface area contributed by atoms with E-state index < -0.39 is 17.9 Å². The number of nitrogens with two attached hydrogens (primary N) is 1. The number of benzene rings is 1. The summed E-state index contributed by atoms with van der Waals surface area (Å²) in [7, 11) is 3.82. The summed E-state index contributed by atoms with van der Waals surface area (Å²) in [6.07, 6.45) is -0.376. The van der Waals surface area contributed by atoms with Crippen molar-refractivity contribution >= 4 is 11.9 Å². The van der Waals surface area contributed by atoms with Crippen molar-refractivity contribution in [3.63, 3.8) is 0 Å². The number of rotatable bonds is 5. The van der Waals surface area contributed by atoms with Crippen molar-refractivity contribution in [1.29, 1.82) is 5.26 Å². The summed E-state index contributed by atoms with van der Waals surface area (Å²) in [5, 5.41) is 9.68. The van der Waals surface area contributed by atoms with Crippen molar-refractivity contribution in [3.8, 4) is 23.3 Å². The van der Waals surface area contributed by atoms with Crippen molar-refractivity contribution in [1.82, 2.24) is 0 Å². The van der Waals surface area contributed by atoms with Gasteiger partial charge < -0.3 is 34.2 Å². The summed E-state index contributed by atoms with van der Waals surface area (Å²) in [5.74, 6) is -1.61. The molecule has 1 aromatic carbocycles. The lowest BCUT2D eigenvalue weighted by Crippen LogP contribution is -2.27. The number of ether oxygens (including phenoxy) is 6. The molecule has 10 heteroatoms. The zero-order chi connectivity index (χ0) is 21.1. The number of fused-ring (bicyclic) bond motifs is 1. The number of methoxy groups -OCH3 is 3. The highest BCUT2D eigenvalue weighted by Gasteiger charge is 2.39. The van der Waals surface area contributed by atoms with E-state index in [4.69, 9.17) is 29.4 Å². The Bertz CT molecular complexity index is 973. The van der Waals surface area contributed by atoms with Crippen LogP contribution in [0.2, 0.25) is 0 Å². The fourth-order valence-corrected chi connectivity index (χ4v) is 3.14. The van der Waals surface area contributed by atoms with E-state index >= 15 is 0 Å². The normalized spacial score (nSPS) is 17.4. The molecular weight excluding hydrogens is 384 g/mol. The molecule has 0 aliphatic carbocycles. The molecule has 0 saturated carbocycles. The molecule has 0 spiro atoms. The molecule has 3 rings (SSSR count). The summed E-state index contributed by atoms with van der Waals surface area (Å²) in [6.45, 7) is -0.000696. The third-order valence-electron chi connectivity index (χ3n) is 4.45. The molecule has 0 bridgehead atoms. The zero-order valence-electron chi connectivity index (χ0n) is 15.9. The Hall–Kier alpha value is -3.87. The fraction of sp³-hybridized carbons (Fsp3) is 0.316. The Morgan fingerprint density at radius 3 is 2.62 bits per heavy atom. The number of esters is 2. The zero-order valence-corrected chi connectivity index (χ0v) is 15.9. The van der Waals surface area contributed by atoms with Gasteiger partial charge in [-0.2, -0.15) is 5.26 Å². The van der Waals surface area contributed by atoms with E-state index in [0.717, 1.165) is 0 Å². The van der Waals surface area contributed by atoms with Crippen LogP contribution < -0.4 is 19.9 Å². The van der Waals surface area contributed by atoms with E-state index in [1.165, 1.54) is 21.3 Å². The molecule has 152 valence electrons. The molecule has 2 aliphatic rings. The standard InChI is InChI=1S/C19H18N2O8/c1-24-12-4-9(5-13-17(12)28-8-27-13)15-10(7-20)18(21)29-11(6-14(22)25-2)16(15)19(23)26-3/h4-5,15H,6,8,21H2,1-3H3. The lowest BCUT2D eigenvalue weighted by molar-refractivity contribution is -0.140. The first-order valence-corrected chi connectivity index (χ1v) is 8.38. The molecule has 2 N–H and O–H groups in total. The average molecular weight is 402 g/mol. The highest BCUT2D eigenvalue weighted by atomic mass is 16.7. The van der Waals surface area contributed by atoms with Gasteiger partial charge in [0, 0.05) is 0 Å². The van der Waals surface area contributed by atoms with Crippen molar-refractivity contribution in [2.45, 2.75) is 12.3 Å². The maximum absolute atomic E-state index is 12.6. The Morgan fingerprint density at radius 2 is 2.00 bits per heavy atom. The van der Waals surface area contributed by atoms with Gasteiger partial charge in [0.25, 0.3) is 0 Å². The second kappa shape index (κ2) is 8.02. The van der Waals surface area contributed by atoms with Gasteiger partial charge in [-0.3, -0.25) is 4.79 Å². The van der Waals surface area contributed by atoms with Gasteiger partial charge in [0.2, 0.25) is 18.4 Å². The van der Waals surface area contributed by atoms with E-state index in [2.05, 4.69) is 4.74 Å². The monoisotopic (exact) mass is 402 g/mol. The molecule has 10 nitrogen and oxygen atoms in total. The predicted molar refractivity (Wildman–Crippen MR) is 95.4 cm³/mol. The number of carbonyl (C=O) groups excluding carboxylic acids is 2. The van der Waals surface area contributed by atoms with Gasteiger partial charge in [-0.25, -0.2) is 4.79 Å². The number of nitriles is 1.